The Morgan fingerprint density at radius 3 is 2.77 bits per heavy atom. The topological polar surface area (TPSA) is 72.9 Å². The van der Waals surface area contributed by atoms with E-state index in [4.69, 9.17) is 16.7 Å². The van der Waals surface area contributed by atoms with Crippen LogP contribution in [0.4, 0.5) is 5.69 Å². The van der Waals surface area contributed by atoms with Gasteiger partial charge in [-0.1, -0.05) is 17.7 Å². The molecular formula is C18H27Cl2N3O3. The molecule has 0 aromatic heterocycles. The molecule has 0 spiro atoms. The molecule has 6 nitrogen and oxygen atoms in total. The molecule has 1 aromatic rings. The Labute approximate surface area is 165 Å². The number of carbonyl (C=O) groups excluding carboxylic acids is 1. The summed E-state index contributed by atoms with van der Waals surface area (Å²) in [6, 6.07) is 7.11. The number of likely N-dealkylation sites (N-methyl/N-ethyl adjacent to an activating group) is 1. The van der Waals surface area contributed by atoms with Gasteiger partial charge in [-0.05, 0) is 58.0 Å². The van der Waals surface area contributed by atoms with Crippen molar-refractivity contribution in [1.29, 1.82) is 0 Å². The number of rotatable bonds is 6. The fourth-order valence-electron chi connectivity index (χ4n) is 3.25. The predicted octanol–water partition coefficient (Wildman–Crippen LogP) is 2.96. The van der Waals surface area contributed by atoms with Gasteiger partial charge in [0.05, 0.1) is 12.6 Å². The van der Waals surface area contributed by atoms with Crippen molar-refractivity contribution in [3.8, 4) is 0 Å². The van der Waals surface area contributed by atoms with Crippen LogP contribution in [0.1, 0.15) is 26.2 Å². The highest BCUT2D eigenvalue weighted by molar-refractivity contribution is 6.30. The highest BCUT2D eigenvalue weighted by Crippen LogP contribution is 2.19. The molecule has 0 saturated carbocycles. The zero-order valence-corrected chi connectivity index (χ0v) is 16.7. The van der Waals surface area contributed by atoms with E-state index in [0.717, 1.165) is 32.4 Å². The number of carbonyl (C=O) groups is 2. The van der Waals surface area contributed by atoms with Gasteiger partial charge in [-0.15, -0.1) is 12.4 Å². The van der Waals surface area contributed by atoms with E-state index in [1.54, 1.807) is 18.2 Å². The van der Waals surface area contributed by atoms with Gasteiger partial charge >= 0.3 is 5.97 Å². The van der Waals surface area contributed by atoms with Gasteiger partial charge < -0.3 is 10.4 Å². The number of likely N-dealkylation sites (tertiary alicyclic amines) is 1. The Balaban J connectivity index is 0.00000338. The summed E-state index contributed by atoms with van der Waals surface area (Å²) in [5, 5.41) is 12.4. The molecule has 1 aliphatic rings. The lowest BCUT2D eigenvalue weighted by atomic mass is 10.1. The molecule has 0 bridgehead atoms. The maximum atomic E-state index is 12.5. The molecule has 2 atom stereocenters. The van der Waals surface area contributed by atoms with Crippen LogP contribution in [-0.2, 0) is 9.59 Å². The SMILES string of the molecule is CC(C(=O)Nc1cccc(Cl)c1)N1CCCC(N(C)CC(=O)O)CC1.Cl. The zero-order chi connectivity index (χ0) is 18.4. The molecule has 146 valence electrons. The van der Waals surface area contributed by atoms with Crippen LogP contribution in [0.15, 0.2) is 24.3 Å². The van der Waals surface area contributed by atoms with Crippen molar-refractivity contribution in [3.05, 3.63) is 29.3 Å². The summed E-state index contributed by atoms with van der Waals surface area (Å²) in [5.74, 6) is -0.863. The molecule has 1 aromatic carbocycles. The summed E-state index contributed by atoms with van der Waals surface area (Å²) < 4.78 is 0. The second-order valence-corrected chi connectivity index (χ2v) is 7.04. The number of aliphatic carboxylic acids is 1. The second-order valence-electron chi connectivity index (χ2n) is 6.61. The summed E-state index contributed by atoms with van der Waals surface area (Å²) in [5.41, 5.74) is 0.693. The van der Waals surface area contributed by atoms with Crippen LogP contribution in [0.3, 0.4) is 0 Å². The van der Waals surface area contributed by atoms with E-state index in [-0.39, 0.29) is 36.9 Å². The number of halogens is 2. The minimum absolute atomic E-state index is 0. The average Bonchev–Trinajstić information content (AvgIpc) is 2.79. The van der Waals surface area contributed by atoms with Gasteiger partial charge in [0, 0.05) is 23.3 Å². The number of hydrogen-bond acceptors (Lipinski definition) is 4. The van der Waals surface area contributed by atoms with Crippen LogP contribution in [0.2, 0.25) is 5.02 Å². The first kappa shape index (κ1) is 22.7. The lowest BCUT2D eigenvalue weighted by Gasteiger charge is -2.28. The van der Waals surface area contributed by atoms with Crippen molar-refractivity contribution in [3.63, 3.8) is 0 Å². The number of nitrogens with zero attached hydrogens (tertiary/aromatic N) is 2. The molecule has 1 heterocycles. The molecule has 0 radical (unpaired) electrons. The average molecular weight is 404 g/mol. The molecule has 2 rings (SSSR count). The highest BCUT2D eigenvalue weighted by Gasteiger charge is 2.26. The van der Waals surface area contributed by atoms with E-state index in [1.807, 2.05) is 24.9 Å². The lowest BCUT2D eigenvalue weighted by Crippen LogP contribution is -2.43. The van der Waals surface area contributed by atoms with E-state index >= 15 is 0 Å². The summed E-state index contributed by atoms with van der Waals surface area (Å²) in [6.45, 7) is 3.57. The van der Waals surface area contributed by atoms with Gasteiger partial charge in [0.2, 0.25) is 5.91 Å². The first-order chi connectivity index (χ1) is 11.9. The fraction of sp³-hybridized carbons (Fsp3) is 0.556. The largest absolute Gasteiger partial charge is 0.480 e. The Kier molecular flexibility index (Phi) is 9.36. The zero-order valence-electron chi connectivity index (χ0n) is 15.2. The summed E-state index contributed by atoms with van der Waals surface area (Å²) in [7, 11) is 1.85. The number of hydrogen-bond donors (Lipinski definition) is 2. The van der Waals surface area contributed by atoms with Gasteiger partial charge in [0.1, 0.15) is 0 Å². The number of carboxylic acid groups (broad SMARTS) is 1. The van der Waals surface area contributed by atoms with Gasteiger partial charge in [0.15, 0.2) is 0 Å². The van der Waals surface area contributed by atoms with Crippen LogP contribution < -0.4 is 5.32 Å². The summed E-state index contributed by atoms with van der Waals surface area (Å²) in [4.78, 5) is 27.4. The minimum atomic E-state index is -0.808. The summed E-state index contributed by atoms with van der Waals surface area (Å²) in [6.07, 6.45) is 2.75. The Morgan fingerprint density at radius 2 is 2.12 bits per heavy atom. The van der Waals surface area contributed by atoms with Gasteiger partial charge in [-0.3, -0.25) is 19.4 Å². The third kappa shape index (κ3) is 6.76. The van der Waals surface area contributed by atoms with E-state index in [0.29, 0.717) is 10.7 Å². The van der Waals surface area contributed by atoms with Crippen molar-refractivity contribution in [2.24, 2.45) is 0 Å². The van der Waals surface area contributed by atoms with Crippen molar-refractivity contribution in [2.45, 2.75) is 38.3 Å². The minimum Gasteiger partial charge on any atom is -0.480 e. The first-order valence-corrected chi connectivity index (χ1v) is 8.97. The van der Waals surface area contributed by atoms with Crippen molar-refractivity contribution in [2.75, 3.05) is 32.0 Å². The molecule has 1 fully saturated rings. The third-order valence-electron chi connectivity index (χ3n) is 4.76. The lowest BCUT2D eigenvalue weighted by molar-refractivity contribution is -0.138. The molecule has 2 N–H and O–H groups in total. The molecule has 1 aliphatic heterocycles. The van der Waals surface area contributed by atoms with Crippen molar-refractivity contribution >= 4 is 41.6 Å². The Morgan fingerprint density at radius 1 is 1.38 bits per heavy atom. The number of benzene rings is 1. The molecule has 2 unspecified atom stereocenters. The molecule has 1 saturated heterocycles. The third-order valence-corrected chi connectivity index (χ3v) is 4.99. The number of amides is 1. The Hall–Kier alpha value is -1.34. The van der Waals surface area contributed by atoms with Crippen LogP contribution in [0.5, 0.6) is 0 Å². The van der Waals surface area contributed by atoms with Gasteiger partial charge in [-0.25, -0.2) is 0 Å². The maximum Gasteiger partial charge on any atom is 0.317 e. The van der Waals surface area contributed by atoms with Crippen LogP contribution in [0, 0.1) is 0 Å². The second kappa shape index (κ2) is 10.7. The highest BCUT2D eigenvalue weighted by atomic mass is 35.5. The van der Waals surface area contributed by atoms with Crippen LogP contribution in [-0.4, -0.2) is 65.5 Å². The molecule has 0 aliphatic carbocycles. The van der Waals surface area contributed by atoms with Gasteiger partial charge in [-0.2, -0.15) is 0 Å². The molecule has 26 heavy (non-hydrogen) atoms. The smallest absolute Gasteiger partial charge is 0.317 e. The van der Waals surface area contributed by atoms with E-state index in [2.05, 4.69) is 10.2 Å². The van der Waals surface area contributed by atoms with E-state index < -0.39 is 5.97 Å². The normalized spacial score (nSPS) is 19.3. The molecular weight excluding hydrogens is 377 g/mol. The van der Waals surface area contributed by atoms with E-state index in [9.17, 15) is 9.59 Å². The van der Waals surface area contributed by atoms with Crippen LogP contribution in [0.25, 0.3) is 0 Å². The maximum absolute atomic E-state index is 12.5. The number of nitrogens with one attached hydrogen (secondary N) is 1. The quantitative estimate of drug-likeness (QED) is 0.763. The number of anilines is 1. The monoisotopic (exact) mass is 403 g/mol. The van der Waals surface area contributed by atoms with Crippen LogP contribution >= 0.6 is 24.0 Å². The fourth-order valence-corrected chi connectivity index (χ4v) is 3.44. The van der Waals surface area contributed by atoms with E-state index in [1.165, 1.54) is 0 Å². The summed E-state index contributed by atoms with van der Waals surface area (Å²) >= 11 is 5.95. The molecule has 8 heteroatoms. The number of carboxylic acids is 1. The Bertz CT molecular complexity index is 615. The molecule has 1 amide bonds. The predicted molar refractivity (Wildman–Crippen MR) is 106 cm³/mol. The van der Waals surface area contributed by atoms with Crippen molar-refractivity contribution < 1.29 is 14.7 Å². The van der Waals surface area contributed by atoms with Crippen molar-refractivity contribution in [1.82, 2.24) is 9.80 Å². The van der Waals surface area contributed by atoms with Gasteiger partial charge in [0.25, 0.3) is 0 Å². The standard InChI is InChI=1S/C18H26ClN3O3.ClH/c1-13(18(25)20-15-6-3-5-14(19)11-15)22-9-4-7-16(8-10-22)21(2)12-17(23)24;/h3,5-6,11,13,16H,4,7-10,12H2,1-2H3,(H,20,25)(H,23,24);1H. The first-order valence-electron chi connectivity index (χ1n) is 8.59.